The predicted molar refractivity (Wildman–Crippen MR) is 114 cm³/mol. The number of esters is 1. The van der Waals surface area contributed by atoms with Gasteiger partial charge in [0.15, 0.2) is 0 Å². The number of aryl methyl sites for hydroxylation is 2. The maximum Gasteiger partial charge on any atom is 0.306 e. The summed E-state index contributed by atoms with van der Waals surface area (Å²) in [7, 11) is 1.99. The molecule has 3 rings (SSSR count). The number of fused-ring (bicyclic) bond motifs is 1. The van der Waals surface area contributed by atoms with Gasteiger partial charge in [-0.2, -0.15) is 0 Å². The third-order valence-corrected chi connectivity index (χ3v) is 5.23. The number of carbonyl (C=O) groups excluding carboxylic acids is 1. The van der Waals surface area contributed by atoms with E-state index in [1.54, 1.807) is 6.20 Å². The number of nitrogens with zero attached hydrogens (tertiary/aromatic N) is 3. The molecule has 0 N–H and O–H groups in total. The third kappa shape index (κ3) is 5.60. The van der Waals surface area contributed by atoms with Crippen molar-refractivity contribution in [2.45, 2.75) is 52.1 Å². The fourth-order valence-electron chi connectivity index (χ4n) is 3.59. The van der Waals surface area contributed by atoms with Crippen molar-refractivity contribution in [1.82, 2.24) is 9.97 Å². The summed E-state index contributed by atoms with van der Waals surface area (Å²) < 4.78 is 11.5. The lowest BCUT2D eigenvalue weighted by atomic mass is 10.1. The minimum atomic E-state index is -0.116. The summed E-state index contributed by atoms with van der Waals surface area (Å²) >= 11 is 5.90. The highest BCUT2D eigenvalue weighted by atomic mass is 35.5. The number of anilines is 1. The van der Waals surface area contributed by atoms with Crippen molar-refractivity contribution in [2.24, 2.45) is 0 Å². The standard InChI is InChI=1S/C22H28ClN3O3/c1-4-6-20(27)29-19-10-7-16-13-17(8-9-18(16)19)28-12-5-11-26(3)21-15(2)14-24-22(23)25-21/h8-9,13-14,19H,4-7,10-12H2,1-3H3/t19-/m0/s1. The zero-order valence-corrected chi connectivity index (χ0v) is 18.0. The molecular weight excluding hydrogens is 390 g/mol. The van der Waals surface area contributed by atoms with Crippen LogP contribution in [0.3, 0.4) is 0 Å². The van der Waals surface area contributed by atoms with E-state index in [4.69, 9.17) is 21.1 Å². The Morgan fingerprint density at radius 2 is 2.21 bits per heavy atom. The van der Waals surface area contributed by atoms with E-state index in [1.165, 1.54) is 5.56 Å². The van der Waals surface area contributed by atoms with Crippen LogP contribution >= 0.6 is 11.6 Å². The second-order valence-electron chi connectivity index (χ2n) is 7.40. The zero-order chi connectivity index (χ0) is 20.8. The number of ether oxygens (including phenoxy) is 2. The summed E-state index contributed by atoms with van der Waals surface area (Å²) in [4.78, 5) is 22.1. The lowest BCUT2D eigenvalue weighted by molar-refractivity contribution is -0.149. The van der Waals surface area contributed by atoms with Crippen molar-refractivity contribution >= 4 is 23.4 Å². The molecule has 0 spiro atoms. The van der Waals surface area contributed by atoms with Gasteiger partial charge >= 0.3 is 5.97 Å². The Morgan fingerprint density at radius 1 is 1.38 bits per heavy atom. The molecule has 1 aromatic heterocycles. The summed E-state index contributed by atoms with van der Waals surface area (Å²) in [6.07, 6.45) is 5.51. The Hall–Kier alpha value is -2.34. The molecule has 0 bridgehead atoms. The SMILES string of the molecule is CCCC(=O)O[C@H]1CCc2cc(OCCCN(C)c3nc(Cl)ncc3C)ccc21. The third-order valence-electron chi connectivity index (χ3n) is 5.05. The van der Waals surface area contributed by atoms with E-state index in [9.17, 15) is 4.79 Å². The first kappa shape index (κ1) is 21.4. The largest absolute Gasteiger partial charge is 0.494 e. The van der Waals surface area contributed by atoms with E-state index in [0.717, 1.165) is 54.9 Å². The van der Waals surface area contributed by atoms with Crippen LogP contribution in [0.4, 0.5) is 5.82 Å². The number of hydrogen-bond donors (Lipinski definition) is 0. The molecule has 6 nitrogen and oxygen atoms in total. The molecular formula is C22H28ClN3O3. The first-order valence-electron chi connectivity index (χ1n) is 10.1. The second kappa shape index (κ2) is 9.92. The normalized spacial score (nSPS) is 15.1. The Bertz CT molecular complexity index is 859. The second-order valence-corrected chi connectivity index (χ2v) is 7.74. The van der Waals surface area contributed by atoms with Gasteiger partial charge in [-0.05, 0) is 67.5 Å². The van der Waals surface area contributed by atoms with Gasteiger partial charge in [0.25, 0.3) is 0 Å². The van der Waals surface area contributed by atoms with E-state index in [-0.39, 0.29) is 17.4 Å². The van der Waals surface area contributed by atoms with Crippen LogP contribution in [0.1, 0.15) is 55.4 Å². The molecule has 0 radical (unpaired) electrons. The number of halogens is 1. The van der Waals surface area contributed by atoms with Gasteiger partial charge in [0.05, 0.1) is 6.61 Å². The Morgan fingerprint density at radius 3 is 3.00 bits per heavy atom. The molecule has 1 aromatic carbocycles. The highest BCUT2D eigenvalue weighted by Gasteiger charge is 2.26. The highest BCUT2D eigenvalue weighted by Crippen LogP contribution is 2.36. The molecule has 7 heteroatoms. The quantitative estimate of drug-likeness (QED) is 0.335. The Balaban J connectivity index is 1.48. The highest BCUT2D eigenvalue weighted by molar-refractivity contribution is 6.28. The molecule has 1 aliphatic carbocycles. The van der Waals surface area contributed by atoms with Gasteiger partial charge < -0.3 is 14.4 Å². The zero-order valence-electron chi connectivity index (χ0n) is 17.3. The lowest BCUT2D eigenvalue weighted by Crippen LogP contribution is -2.22. The smallest absolute Gasteiger partial charge is 0.306 e. The van der Waals surface area contributed by atoms with Crippen molar-refractivity contribution < 1.29 is 14.3 Å². The lowest BCUT2D eigenvalue weighted by Gasteiger charge is -2.20. The molecule has 0 aliphatic heterocycles. The maximum atomic E-state index is 11.8. The molecule has 1 heterocycles. The van der Waals surface area contributed by atoms with Crippen LogP contribution in [0.15, 0.2) is 24.4 Å². The van der Waals surface area contributed by atoms with Crippen molar-refractivity contribution in [3.05, 3.63) is 46.4 Å². The molecule has 0 saturated carbocycles. The Kier molecular flexibility index (Phi) is 7.31. The van der Waals surface area contributed by atoms with Gasteiger partial charge in [-0.15, -0.1) is 0 Å². The van der Waals surface area contributed by atoms with E-state index in [1.807, 2.05) is 33.0 Å². The fraction of sp³-hybridized carbons (Fsp3) is 0.500. The minimum absolute atomic E-state index is 0.116. The van der Waals surface area contributed by atoms with E-state index >= 15 is 0 Å². The van der Waals surface area contributed by atoms with Crippen molar-refractivity contribution in [3.63, 3.8) is 0 Å². The molecule has 1 atom stereocenters. The van der Waals surface area contributed by atoms with Crippen molar-refractivity contribution in [3.8, 4) is 5.75 Å². The summed E-state index contributed by atoms with van der Waals surface area (Å²) in [5, 5.41) is 0.255. The summed E-state index contributed by atoms with van der Waals surface area (Å²) in [6, 6.07) is 6.06. The molecule has 29 heavy (non-hydrogen) atoms. The van der Waals surface area contributed by atoms with Crippen molar-refractivity contribution in [1.29, 1.82) is 0 Å². The van der Waals surface area contributed by atoms with Gasteiger partial charge in [-0.25, -0.2) is 9.97 Å². The first-order chi connectivity index (χ1) is 14.0. The summed E-state index contributed by atoms with van der Waals surface area (Å²) in [6.45, 7) is 5.36. The predicted octanol–water partition coefficient (Wildman–Crippen LogP) is 4.67. The number of carbonyl (C=O) groups is 1. The van der Waals surface area contributed by atoms with Crippen LogP contribution in [0.25, 0.3) is 0 Å². The van der Waals surface area contributed by atoms with Gasteiger partial charge in [0.1, 0.15) is 17.7 Å². The van der Waals surface area contributed by atoms with Crippen LogP contribution in [-0.4, -0.2) is 36.1 Å². The minimum Gasteiger partial charge on any atom is -0.494 e. The van der Waals surface area contributed by atoms with Gasteiger partial charge in [-0.1, -0.05) is 13.0 Å². The average Bonchev–Trinajstić information content (AvgIpc) is 3.09. The van der Waals surface area contributed by atoms with Crippen LogP contribution in [-0.2, 0) is 16.0 Å². The van der Waals surface area contributed by atoms with Crippen molar-refractivity contribution in [2.75, 3.05) is 25.1 Å². The number of rotatable bonds is 9. The van der Waals surface area contributed by atoms with Crippen LogP contribution in [0, 0.1) is 6.92 Å². The molecule has 156 valence electrons. The van der Waals surface area contributed by atoms with Gasteiger partial charge in [-0.3, -0.25) is 4.79 Å². The molecule has 0 saturated heterocycles. The first-order valence-corrected chi connectivity index (χ1v) is 10.5. The molecule has 0 fully saturated rings. The van der Waals surface area contributed by atoms with Crippen LogP contribution in [0.2, 0.25) is 5.28 Å². The average molecular weight is 418 g/mol. The fourth-order valence-corrected chi connectivity index (χ4v) is 3.71. The number of aromatic nitrogens is 2. The summed E-state index contributed by atoms with van der Waals surface area (Å²) in [5.74, 6) is 1.58. The number of benzene rings is 1. The topological polar surface area (TPSA) is 64.6 Å². The molecule has 0 amide bonds. The van der Waals surface area contributed by atoms with Crippen LogP contribution < -0.4 is 9.64 Å². The molecule has 2 aromatic rings. The van der Waals surface area contributed by atoms with Gasteiger partial charge in [0.2, 0.25) is 5.28 Å². The van der Waals surface area contributed by atoms with Gasteiger partial charge in [0, 0.05) is 31.8 Å². The van der Waals surface area contributed by atoms with Crippen LogP contribution in [0.5, 0.6) is 5.75 Å². The van der Waals surface area contributed by atoms with E-state index < -0.39 is 0 Å². The Labute approximate surface area is 177 Å². The van der Waals surface area contributed by atoms with E-state index in [0.29, 0.717) is 13.0 Å². The molecule has 0 unspecified atom stereocenters. The maximum absolute atomic E-state index is 11.8. The number of hydrogen-bond acceptors (Lipinski definition) is 6. The van der Waals surface area contributed by atoms with E-state index in [2.05, 4.69) is 20.9 Å². The summed E-state index contributed by atoms with van der Waals surface area (Å²) in [5.41, 5.74) is 3.31. The molecule has 1 aliphatic rings. The monoisotopic (exact) mass is 417 g/mol.